The van der Waals surface area contributed by atoms with Gasteiger partial charge >= 0.3 is 0 Å². The number of nitrogens with two attached hydrogens (primary N) is 1. The highest BCUT2D eigenvalue weighted by Gasteiger charge is 2.13. The maximum Gasteiger partial charge on any atom is 0.0517 e. The van der Waals surface area contributed by atoms with E-state index in [0.29, 0.717) is 0 Å². The molecule has 1 unspecified atom stereocenters. The van der Waals surface area contributed by atoms with Gasteiger partial charge in [0.2, 0.25) is 0 Å². The van der Waals surface area contributed by atoms with E-state index in [1.54, 1.807) is 0 Å². The topological polar surface area (TPSA) is 50.9 Å². The van der Waals surface area contributed by atoms with Gasteiger partial charge in [0.05, 0.1) is 6.04 Å². The summed E-state index contributed by atoms with van der Waals surface area (Å²) in [5.41, 5.74) is 9.01. The van der Waals surface area contributed by atoms with Crippen LogP contribution in [0, 0.1) is 13.8 Å². The van der Waals surface area contributed by atoms with Crippen molar-refractivity contribution in [3.63, 3.8) is 0 Å². The van der Waals surface area contributed by atoms with Gasteiger partial charge in [0.1, 0.15) is 0 Å². The van der Waals surface area contributed by atoms with E-state index >= 15 is 0 Å². The first kappa shape index (κ1) is 14.7. The lowest BCUT2D eigenvalue weighted by Gasteiger charge is -2.18. The summed E-state index contributed by atoms with van der Waals surface area (Å²) in [4.78, 5) is 4.51. The highest BCUT2D eigenvalue weighted by atomic mass is 15.2. The fraction of sp³-hybridized carbons (Fsp3) is 0.353. The molecule has 3 nitrogen and oxygen atoms in total. The van der Waals surface area contributed by atoms with Crippen molar-refractivity contribution in [1.29, 1.82) is 0 Å². The summed E-state index contributed by atoms with van der Waals surface area (Å²) in [5.74, 6) is 5.74. The van der Waals surface area contributed by atoms with E-state index in [-0.39, 0.29) is 6.04 Å². The molecule has 3 N–H and O–H groups in total. The van der Waals surface area contributed by atoms with Crippen LogP contribution in [0.4, 0.5) is 0 Å². The minimum Gasteiger partial charge on any atom is -0.271 e. The van der Waals surface area contributed by atoms with Gasteiger partial charge in [-0.25, -0.2) is 0 Å². The molecule has 0 saturated heterocycles. The minimum atomic E-state index is 0.0931. The number of hydrogen-bond acceptors (Lipinski definition) is 3. The number of rotatable bonds is 5. The zero-order chi connectivity index (χ0) is 14.5. The zero-order valence-corrected chi connectivity index (χ0v) is 12.5. The predicted molar refractivity (Wildman–Crippen MR) is 83.3 cm³/mol. The van der Waals surface area contributed by atoms with Crippen LogP contribution in [-0.2, 0) is 12.8 Å². The third-order valence-corrected chi connectivity index (χ3v) is 3.71. The maximum absolute atomic E-state index is 5.74. The fourth-order valence-corrected chi connectivity index (χ4v) is 2.47. The monoisotopic (exact) mass is 269 g/mol. The first-order chi connectivity index (χ1) is 9.63. The van der Waals surface area contributed by atoms with Crippen LogP contribution >= 0.6 is 0 Å². The van der Waals surface area contributed by atoms with Gasteiger partial charge in [-0.3, -0.25) is 16.3 Å². The highest BCUT2D eigenvalue weighted by molar-refractivity contribution is 5.33. The molecule has 1 heterocycles. The first-order valence-corrected chi connectivity index (χ1v) is 7.11. The van der Waals surface area contributed by atoms with Crippen LogP contribution in [0.1, 0.15) is 40.9 Å². The lowest BCUT2D eigenvalue weighted by molar-refractivity contribution is 0.543. The average molecular weight is 269 g/mol. The van der Waals surface area contributed by atoms with Crippen molar-refractivity contribution < 1.29 is 0 Å². The third kappa shape index (κ3) is 3.44. The van der Waals surface area contributed by atoms with Crippen LogP contribution in [0.25, 0.3) is 0 Å². The number of benzene rings is 1. The van der Waals surface area contributed by atoms with Gasteiger partial charge in [0.25, 0.3) is 0 Å². The van der Waals surface area contributed by atoms with Gasteiger partial charge in [-0.2, -0.15) is 0 Å². The molecule has 0 aliphatic carbocycles. The van der Waals surface area contributed by atoms with Crippen molar-refractivity contribution in [1.82, 2.24) is 10.4 Å². The molecule has 106 valence electrons. The van der Waals surface area contributed by atoms with Crippen LogP contribution in [0.3, 0.4) is 0 Å². The molecule has 3 heteroatoms. The van der Waals surface area contributed by atoms with E-state index in [2.05, 4.69) is 61.5 Å². The molecule has 0 saturated carbocycles. The van der Waals surface area contributed by atoms with Crippen LogP contribution < -0.4 is 11.3 Å². The van der Waals surface area contributed by atoms with E-state index in [9.17, 15) is 0 Å². The van der Waals surface area contributed by atoms with Crippen LogP contribution in [0.5, 0.6) is 0 Å². The Hall–Kier alpha value is -1.71. The Morgan fingerprint density at radius 2 is 2.00 bits per heavy atom. The summed E-state index contributed by atoms with van der Waals surface area (Å²) in [6.07, 6.45) is 3.76. The summed E-state index contributed by atoms with van der Waals surface area (Å²) in [6.45, 7) is 6.36. The SMILES string of the molecule is CCc1ccc(CC(NN)c2ccc(C)cc2C)nc1. The van der Waals surface area contributed by atoms with E-state index in [0.717, 1.165) is 18.5 Å². The Bertz CT molecular complexity index is 561. The van der Waals surface area contributed by atoms with E-state index in [4.69, 9.17) is 5.84 Å². The largest absolute Gasteiger partial charge is 0.271 e. The van der Waals surface area contributed by atoms with E-state index in [1.807, 2.05) is 6.20 Å². The second kappa shape index (κ2) is 6.64. The number of hydrogen-bond donors (Lipinski definition) is 2. The number of nitrogens with zero attached hydrogens (tertiary/aromatic N) is 1. The third-order valence-electron chi connectivity index (χ3n) is 3.71. The quantitative estimate of drug-likeness (QED) is 0.648. The second-order valence-electron chi connectivity index (χ2n) is 5.29. The molecule has 0 aliphatic rings. The van der Waals surface area contributed by atoms with Gasteiger partial charge in [-0.1, -0.05) is 36.8 Å². The Morgan fingerprint density at radius 1 is 1.20 bits per heavy atom. The van der Waals surface area contributed by atoms with Crippen molar-refractivity contribution in [2.45, 2.75) is 39.7 Å². The number of aromatic nitrogens is 1. The Labute approximate surface area is 121 Å². The summed E-state index contributed by atoms with van der Waals surface area (Å²) in [5, 5.41) is 0. The number of nitrogens with one attached hydrogen (secondary N) is 1. The number of hydrazine groups is 1. The van der Waals surface area contributed by atoms with Crippen molar-refractivity contribution >= 4 is 0 Å². The lowest BCUT2D eigenvalue weighted by atomic mass is 9.96. The molecular formula is C17H23N3. The smallest absolute Gasteiger partial charge is 0.0517 e. The molecule has 1 aromatic carbocycles. The summed E-state index contributed by atoms with van der Waals surface area (Å²) < 4.78 is 0. The first-order valence-electron chi connectivity index (χ1n) is 7.11. The van der Waals surface area contributed by atoms with Crippen molar-refractivity contribution in [2.75, 3.05) is 0 Å². The van der Waals surface area contributed by atoms with E-state index < -0.39 is 0 Å². The number of pyridine rings is 1. The van der Waals surface area contributed by atoms with Gasteiger partial charge in [-0.15, -0.1) is 0 Å². The molecule has 20 heavy (non-hydrogen) atoms. The fourth-order valence-electron chi connectivity index (χ4n) is 2.47. The van der Waals surface area contributed by atoms with Gasteiger partial charge in [0.15, 0.2) is 0 Å². The van der Waals surface area contributed by atoms with E-state index in [1.165, 1.54) is 22.3 Å². The standard InChI is InChI=1S/C17H23N3/c1-4-14-6-7-15(19-11-14)10-17(20-18)16-8-5-12(2)9-13(16)3/h5-9,11,17,20H,4,10,18H2,1-3H3. The molecule has 2 aromatic rings. The Kier molecular flexibility index (Phi) is 4.88. The normalized spacial score (nSPS) is 12.4. The molecule has 0 spiro atoms. The average Bonchev–Trinajstić information content (AvgIpc) is 2.46. The van der Waals surface area contributed by atoms with Crippen LogP contribution in [0.15, 0.2) is 36.5 Å². The molecule has 1 aromatic heterocycles. The molecule has 2 rings (SSSR count). The van der Waals surface area contributed by atoms with Crippen LogP contribution in [0.2, 0.25) is 0 Å². The van der Waals surface area contributed by atoms with Gasteiger partial charge < -0.3 is 0 Å². The Morgan fingerprint density at radius 3 is 2.55 bits per heavy atom. The lowest BCUT2D eigenvalue weighted by Crippen LogP contribution is -2.30. The minimum absolute atomic E-state index is 0.0931. The van der Waals surface area contributed by atoms with Crippen molar-refractivity contribution in [2.24, 2.45) is 5.84 Å². The second-order valence-corrected chi connectivity index (χ2v) is 5.29. The molecule has 0 radical (unpaired) electrons. The zero-order valence-electron chi connectivity index (χ0n) is 12.5. The van der Waals surface area contributed by atoms with Crippen molar-refractivity contribution in [3.05, 3.63) is 64.5 Å². The molecule has 0 fully saturated rings. The molecule has 0 bridgehead atoms. The Balaban J connectivity index is 2.19. The summed E-state index contributed by atoms with van der Waals surface area (Å²) >= 11 is 0. The van der Waals surface area contributed by atoms with Gasteiger partial charge in [0, 0.05) is 18.3 Å². The number of aryl methyl sites for hydroxylation is 3. The van der Waals surface area contributed by atoms with Gasteiger partial charge in [-0.05, 0) is 43.0 Å². The van der Waals surface area contributed by atoms with Crippen molar-refractivity contribution in [3.8, 4) is 0 Å². The highest BCUT2D eigenvalue weighted by Crippen LogP contribution is 2.21. The summed E-state index contributed by atoms with van der Waals surface area (Å²) in [7, 11) is 0. The molecule has 0 amide bonds. The summed E-state index contributed by atoms with van der Waals surface area (Å²) in [6, 6.07) is 10.8. The molecular weight excluding hydrogens is 246 g/mol. The predicted octanol–water partition coefficient (Wildman–Crippen LogP) is 3.01. The maximum atomic E-state index is 5.74. The van der Waals surface area contributed by atoms with Crippen LogP contribution in [-0.4, -0.2) is 4.98 Å². The molecule has 1 atom stereocenters. The molecule has 0 aliphatic heterocycles.